The molecule has 0 saturated heterocycles. The van der Waals surface area contributed by atoms with Gasteiger partial charge in [0, 0.05) is 52.1 Å². The van der Waals surface area contributed by atoms with Gasteiger partial charge in [0.15, 0.2) is 0 Å². The summed E-state index contributed by atoms with van der Waals surface area (Å²) in [4.78, 5) is 12.3. The van der Waals surface area contributed by atoms with E-state index in [2.05, 4.69) is 34.1 Å². The Hall–Kier alpha value is -2.64. The third kappa shape index (κ3) is 3.32. The molecule has 30 heavy (non-hydrogen) atoms. The van der Waals surface area contributed by atoms with Crippen molar-refractivity contribution in [2.24, 2.45) is 0 Å². The normalized spacial score (nSPS) is 17.5. The van der Waals surface area contributed by atoms with Crippen molar-refractivity contribution >= 4 is 33.8 Å². The second-order valence-electron chi connectivity index (χ2n) is 8.12. The highest BCUT2D eigenvalue weighted by atomic mass is 32.2. The minimum absolute atomic E-state index is 0.354. The topological polar surface area (TPSA) is 86.2 Å². The van der Waals surface area contributed by atoms with Crippen molar-refractivity contribution in [3.63, 3.8) is 0 Å². The van der Waals surface area contributed by atoms with Crippen LogP contribution in [0.2, 0.25) is 0 Å². The first-order chi connectivity index (χ1) is 14.6. The van der Waals surface area contributed by atoms with Crippen LogP contribution in [0, 0.1) is 0 Å². The van der Waals surface area contributed by atoms with E-state index in [1.807, 2.05) is 16.9 Å². The van der Waals surface area contributed by atoms with Gasteiger partial charge in [-0.2, -0.15) is 0 Å². The summed E-state index contributed by atoms with van der Waals surface area (Å²) in [5.74, 6) is -0.107. The molecule has 7 heteroatoms. The van der Waals surface area contributed by atoms with Crippen LogP contribution in [0.1, 0.15) is 53.9 Å². The monoisotopic (exact) mass is 422 g/mol. The van der Waals surface area contributed by atoms with Gasteiger partial charge in [-0.1, -0.05) is 43.5 Å². The molecular formula is C23H24N3O3S-. The van der Waals surface area contributed by atoms with Crippen molar-refractivity contribution in [2.75, 3.05) is 11.9 Å². The molecule has 0 bridgehead atoms. The Balaban J connectivity index is 1.76. The average molecular weight is 423 g/mol. The Kier molecular flexibility index (Phi) is 5.08. The molecule has 2 heterocycles. The summed E-state index contributed by atoms with van der Waals surface area (Å²) in [6, 6.07) is 14.0. The van der Waals surface area contributed by atoms with E-state index in [4.69, 9.17) is 0 Å². The summed E-state index contributed by atoms with van der Waals surface area (Å²) in [6.07, 6.45) is 6.14. The van der Waals surface area contributed by atoms with Crippen molar-refractivity contribution in [3.05, 3.63) is 53.6 Å². The molecule has 1 atom stereocenters. The number of rotatable bonds is 3. The van der Waals surface area contributed by atoms with Crippen LogP contribution in [0.5, 0.6) is 0 Å². The second kappa shape index (κ2) is 7.89. The van der Waals surface area contributed by atoms with Gasteiger partial charge in [0.1, 0.15) is 0 Å². The second-order valence-corrected chi connectivity index (χ2v) is 8.79. The van der Waals surface area contributed by atoms with Gasteiger partial charge in [-0.15, -0.1) is 0 Å². The van der Waals surface area contributed by atoms with Crippen LogP contribution >= 0.6 is 0 Å². The highest BCUT2D eigenvalue weighted by Crippen LogP contribution is 2.46. The van der Waals surface area contributed by atoms with Gasteiger partial charge in [-0.05, 0) is 42.5 Å². The average Bonchev–Trinajstić information content (AvgIpc) is 2.95. The van der Waals surface area contributed by atoms with Gasteiger partial charge >= 0.3 is 0 Å². The minimum atomic E-state index is -2.63. The number of nitrogens with zero attached hydrogens (tertiary/aromatic N) is 1. The van der Waals surface area contributed by atoms with Crippen molar-refractivity contribution in [1.29, 1.82) is 0 Å². The number of carbonyl (C=O) groups excluding carboxylic acids is 1. The Morgan fingerprint density at radius 2 is 1.93 bits per heavy atom. The van der Waals surface area contributed by atoms with Crippen LogP contribution < -0.4 is 10.0 Å². The third-order valence-corrected chi connectivity index (χ3v) is 6.74. The summed E-state index contributed by atoms with van der Waals surface area (Å²) < 4.78 is 26.1. The lowest BCUT2D eigenvalue weighted by Gasteiger charge is -2.23. The van der Waals surface area contributed by atoms with Gasteiger partial charge in [-0.25, -0.2) is 0 Å². The fraction of sp³-hybridized carbons (Fsp3) is 0.348. The molecule has 2 N–H and O–H groups in total. The van der Waals surface area contributed by atoms with Crippen molar-refractivity contribution in [3.8, 4) is 11.3 Å². The predicted octanol–water partition coefficient (Wildman–Crippen LogP) is 4.31. The SMILES string of the molecule is O=C(NS(=O)[O-])c1ccc2c(C3CCCCC3)c3n(c2c1)CCNc1ccccc1-3. The number of amides is 1. The van der Waals surface area contributed by atoms with E-state index in [9.17, 15) is 13.6 Å². The maximum atomic E-state index is 12.3. The van der Waals surface area contributed by atoms with Crippen LogP contribution in [-0.2, 0) is 17.8 Å². The summed E-state index contributed by atoms with van der Waals surface area (Å²) in [5.41, 5.74) is 6.29. The first kappa shape index (κ1) is 19.3. The van der Waals surface area contributed by atoms with Crippen molar-refractivity contribution in [2.45, 2.75) is 44.6 Å². The summed E-state index contributed by atoms with van der Waals surface area (Å²) in [6.45, 7) is 1.57. The first-order valence-corrected chi connectivity index (χ1v) is 11.6. The maximum absolute atomic E-state index is 12.3. The molecule has 3 aromatic rings. The lowest BCUT2D eigenvalue weighted by Crippen LogP contribution is -2.25. The van der Waals surface area contributed by atoms with Gasteiger partial charge in [0.25, 0.3) is 5.91 Å². The van der Waals surface area contributed by atoms with Crippen LogP contribution in [0.3, 0.4) is 0 Å². The molecule has 1 amide bonds. The van der Waals surface area contributed by atoms with Gasteiger partial charge in [0.2, 0.25) is 0 Å². The summed E-state index contributed by atoms with van der Waals surface area (Å²) in [7, 11) is 0. The molecule has 2 aliphatic rings. The minimum Gasteiger partial charge on any atom is -0.755 e. The molecule has 1 aromatic heterocycles. The van der Waals surface area contributed by atoms with Crippen LogP contribution in [0.4, 0.5) is 5.69 Å². The van der Waals surface area contributed by atoms with E-state index in [1.54, 1.807) is 6.07 Å². The number of hydrogen-bond donors (Lipinski definition) is 2. The predicted molar refractivity (Wildman–Crippen MR) is 118 cm³/mol. The highest BCUT2D eigenvalue weighted by Gasteiger charge is 2.28. The fourth-order valence-corrected chi connectivity index (χ4v) is 5.39. The third-order valence-electron chi connectivity index (χ3n) is 6.39. The van der Waals surface area contributed by atoms with Gasteiger partial charge < -0.3 is 14.4 Å². The Bertz CT molecular complexity index is 1150. The van der Waals surface area contributed by atoms with E-state index < -0.39 is 17.2 Å². The molecule has 0 spiro atoms. The molecule has 1 fully saturated rings. The zero-order valence-corrected chi connectivity index (χ0v) is 17.5. The standard InChI is InChI=1S/C23H25N3O3S/c27-23(25-30(28)29)16-10-11-18-20(14-16)26-13-12-24-19-9-5-4-8-17(19)22(26)21(18)15-6-2-1-3-7-15/h4-5,8-11,14-15,24H,1-3,6-7,12-13H2,(H,25,27)(H,28,29)/p-1. The van der Waals surface area contributed by atoms with E-state index in [-0.39, 0.29) is 0 Å². The summed E-state index contributed by atoms with van der Waals surface area (Å²) >= 11 is -2.63. The van der Waals surface area contributed by atoms with Gasteiger partial charge in [-0.3, -0.25) is 13.7 Å². The quantitative estimate of drug-likeness (QED) is 0.616. The number of anilines is 1. The highest BCUT2D eigenvalue weighted by molar-refractivity contribution is 7.77. The molecule has 2 aromatic carbocycles. The van der Waals surface area contributed by atoms with E-state index in [1.165, 1.54) is 54.3 Å². The smallest absolute Gasteiger partial charge is 0.262 e. The van der Waals surface area contributed by atoms with Crippen molar-refractivity contribution in [1.82, 2.24) is 9.29 Å². The van der Waals surface area contributed by atoms with Crippen LogP contribution in [0.25, 0.3) is 22.2 Å². The zero-order chi connectivity index (χ0) is 20.7. The Morgan fingerprint density at radius 1 is 1.13 bits per heavy atom. The Labute approximate surface area is 178 Å². The number of nitrogens with one attached hydrogen (secondary N) is 2. The number of aromatic nitrogens is 1. The molecule has 1 unspecified atom stereocenters. The van der Waals surface area contributed by atoms with Crippen LogP contribution in [0.15, 0.2) is 42.5 Å². The largest absolute Gasteiger partial charge is 0.755 e. The molecule has 6 nitrogen and oxygen atoms in total. The molecule has 1 aliphatic heterocycles. The fourth-order valence-electron chi connectivity index (χ4n) is 5.13. The number of para-hydroxylation sites is 1. The lowest BCUT2D eigenvalue weighted by atomic mass is 9.81. The lowest BCUT2D eigenvalue weighted by molar-refractivity contribution is 0.0981. The molecule has 5 rings (SSSR count). The number of carbonyl (C=O) groups is 1. The van der Waals surface area contributed by atoms with E-state index in [0.717, 1.165) is 24.3 Å². The molecule has 1 saturated carbocycles. The molecule has 1 aliphatic carbocycles. The van der Waals surface area contributed by atoms with Crippen LogP contribution in [-0.4, -0.2) is 25.8 Å². The molecule has 156 valence electrons. The van der Waals surface area contributed by atoms with Crippen molar-refractivity contribution < 1.29 is 13.6 Å². The number of fused-ring (bicyclic) bond motifs is 5. The van der Waals surface area contributed by atoms with Gasteiger partial charge in [0.05, 0.1) is 5.69 Å². The maximum Gasteiger partial charge on any atom is 0.262 e. The Morgan fingerprint density at radius 3 is 2.73 bits per heavy atom. The number of hydrogen-bond acceptors (Lipinski definition) is 4. The zero-order valence-electron chi connectivity index (χ0n) is 16.6. The van der Waals surface area contributed by atoms with E-state index in [0.29, 0.717) is 11.5 Å². The summed E-state index contributed by atoms with van der Waals surface area (Å²) in [5, 5.41) is 4.71. The van der Waals surface area contributed by atoms with E-state index >= 15 is 0 Å². The first-order valence-electron chi connectivity index (χ1n) is 10.5. The number of benzene rings is 2. The molecule has 0 radical (unpaired) electrons. The molecular weight excluding hydrogens is 398 g/mol.